The summed E-state index contributed by atoms with van der Waals surface area (Å²) >= 11 is 0. The van der Waals surface area contributed by atoms with Crippen molar-refractivity contribution in [3.8, 4) is 5.88 Å². The molecule has 9 nitrogen and oxygen atoms in total. The number of aromatic nitrogens is 5. The Labute approximate surface area is 182 Å². The molecule has 5 rings (SSSR count). The third kappa shape index (κ3) is 3.07. The van der Waals surface area contributed by atoms with Gasteiger partial charge in [0.15, 0.2) is 11.2 Å². The molecule has 0 amide bonds. The van der Waals surface area contributed by atoms with Crippen molar-refractivity contribution >= 4 is 16.9 Å². The van der Waals surface area contributed by atoms with Gasteiger partial charge in [-0.25, -0.2) is 9.20 Å². The van der Waals surface area contributed by atoms with Gasteiger partial charge in [0.2, 0.25) is 11.7 Å². The Balaban J connectivity index is 1.90. The van der Waals surface area contributed by atoms with Gasteiger partial charge in [-0.3, -0.25) is 23.3 Å². The molecule has 3 heterocycles. The highest BCUT2D eigenvalue weighted by Gasteiger charge is 2.28. The Morgan fingerprint density at radius 2 is 1.78 bits per heavy atom. The first-order valence-corrected chi connectivity index (χ1v) is 10.9. The van der Waals surface area contributed by atoms with Gasteiger partial charge >= 0.3 is 5.69 Å². The van der Waals surface area contributed by atoms with Crippen molar-refractivity contribution in [2.45, 2.75) is 45.7 Å². The van der Waals surface area contributed by atoms with Crippen molar-refractivity contribution in [3.05, 3.63) is 72.7 Å². The zero-order valence-corrected chi connectivity index (χ0v) is 18.1. The molecule has 9 heteroatoms. The van der Waals surface area contributed by atoms with Crippen LogP contribution in [0.5, 0.6) is 5.88 Å². The van der Waals surface area contributed by atoms with Gasteiger partial charge in [0.05, 0.1) is 12.1 Å². The Morgan fingerprint density at radius 1 is 1.06 bits per heavy atom. The molecular weight excluding hydrogens is 410 g/mol. The molecule has 1 aliphatic carbocycles. The number of benzene rings is 1. The topological polar surface area (TPSA) is 104 Å². The van der Waals surface area contributed by atoms with E-state index in [9.17, 15) is 19.5 Å². The number of hydrogen-bond donors (Lipinski definition) is 1. The van der Waals surface area contributed by atoms with Crippen LogP contribution in [0.15, 0.2) is 44.7 Å². The Bertz CT molecular complexity index is 1520. The highest BCUT2D eigenvalue weighted by molar-refractivity contribution is 5.76. The summed E-state index contributed by atoms with van der Waals surface area (Å²) < 4.78 is 5.35. The molecule has 0 atom stereocenters. The molecule has 1 N–H and O–H groups in total. The smallest absolute Gasteiger partial charge is 0.332 e. The highest BCUT2D eigenvalue weighted by atomic mass is 16.3. The second-order valence-corrected chi connectivity index (χ2v) is 8.55. The van der Waals surface area contributed by atoms with E-state index in [0.29, 0.717) is 25.3 Å². The van der Waals surface area contributed by atoms with E-state index in [1.54, 1.807) is 7.05 Å². The predicted molar refractivity (Wildman–Crippen MR) is 120 cm³/mol. The maximum atomic E-state index is 13.4. The van der Waals surface area contributed by atoms with Gasteiger partial charge in [-0.2, -0.15) is 4.98 Å². The number of fused-ring (bicyclic) bond motifs is 3. The summed E-state index contributed by atoms with van der Waals surface area (Å²) in [5, 5.41) is 11.1. The van der Waals surface area contributed by atoms with E-state index < -0.39 is 11.2 Å². The minimum atomic E-state index is -0.495. The number of hydrogen-bond acceptors (Lipinski definition) is 5. The van der Waals surface area contributed by atoms with E-state index in [1.807, 2.05) is 37.3 Å². The maximum absolute atomic E-state index is 13.4. The molecule has 0 spiro atoms. The largest absolute Gasteiger partial charge is 0.494 e. The molecule has 4 aromatic rings. The zero-order chi connectivity index (χ0) is 22.6. The van der Waals surface area contributed by atoms with E-state index in [4.69, 9.17) is 0 Å². The van der Waals surface area contributed by atoms with Crippen LogP contribution in [0.3, 0.4) is 0 Å². The number of imidazole rings is 1. The lowest BCUT2D eigenvalue weighted by Gasteiger charge is -2.13. The van der Waals surface area contributed by atoms with E-state index in [2.05, 4.69) is 4.98 Å². The van der Waals surface area contributed by atoms with Gasteiger partial charge < -0.3 is 5.11 Å². The minimum absolute atomic E-state index is 0.111. The molecule has 0 radical (unpaired) electrons. The van der Waals surface area contributed by atoms with Crippen LogP contribution in [0, 0.1) is 5.92 Å². The van der Waals surface area contributed by atoms with E-state index in [-0.39, 0.29) is 40.5 Å². The number of rotatable bonds is 6. The molecule has 32 heavy (non-hydrogen) atoms. The first-order chi connectivity index (χ1) is 15.4. The van der Waals surface area contributed by atoms with Gasteiger partial charge in [-0.15, -0.1) is 0 Å². The molecule has 1 aliphatic rings. The third-order valence-electron chi connectivity index (χ3n) is 6.17. The molecule has 0 aliphatic heterocycles. The predicted octanol–water partition coefficient (Wildman–Crippen LogP) is 1.63. The fourth-order valence-electron chi connectivity index (χ4n) is 4.27. The summed E-state index contributed by atoms with van der Waals surface area (Å²) in [5.41, 5.74) is 0.0954. The second-order valence-electron chi connectivity index (χ2n) is 8.55. The van der Waals surface area contributed by atoms with Crippen LogP contribution in [-0.2, 0) is 26.6 Å². The lowest BCUT2D eigenvalue weighted by atomic mass is 10.1. The molecule has 0 bridgehead atoms. The molecule has 1 saturated carbocycles. The summed E-state index contributed by atoms with van der Waals surface area (Å²) in [6.45, 7) is 2.50. The molecule has 1 aromatic carbocycles. The van der Waals surface area contributed by atoms with Crippen molar-refractivity contribution < 1.29 is 5.11 Å². The van der Waals surface area contributed by atoms with Gasteiger partial charge in [0, 0.05) is 13.6 Å². The molecule has 1 fully saturated rings. The second kappa shape index (κ2) is 7.51. The van der Waals surface area contributed by atoms with Crippen molar-refractivity contribution in [3.63, 3.8) is 0 Å². The quantitative estimate of drug-likeness (QED) is 0.496. The monoisotopic (exact) mass is 435 g/mol. The summed E-state index contributed by atoms with van der Waals surface area (Å²) in [5.74, 6) is 0.174. The number of aromatic hydroxyl groups is 1. The lowest BCUT2D eigenvalue weighted by molar-refractivity contribution is 0.433. The van der Waals surface area contributed by atoms with Gasteiger partial charge in [0.25, 0.3) is 11.1 Å². The van der Waals surface area contributed by atoms with Gasteiger partial charge in [0.1, 0.15) is 0 Å². The fraction of sp³-hybridized carbons (Fsp3) is 0.391. The standard InChI is InChI=1S/C23H25N5O4/c1-3-7-16-19(29)26(12-14-8-5-4-6-9-14)22-24-18-17(28(22)20(16)30)21(31)27(13-15-10-11-15)23(32)25(18)2/h4-6,8-9,15,30H,3,7,10-13H2,1-2H3. The molecule has 0 unspecified atom stereocenters. The van der Waals surface area contributed by atoms with Crippen molar-refractivity contribution in [1.82, 2.24) is 23.1 Å². The Morgan fingerprint density at radius 3 is 2.44 bits per heavy atom. The Hall–Kier alpha value is -3.62. The maximum Gasteiger partial charge on any atom is 0.332 e. The first kappa shape index (κ1) is 20.3. The lowest BCUT2D eigenvalue weighted by Crippen LogP contribution is -2.40. The summed E-state index contributed by atoms with van der Waals surface area (Å²) in [6.07, 6.45) is 2.99. The van der Waals surface area contributed by atoms with Crippen molar-refractivity contribution in [1.29, 1.82) is 0 Å². The Kier molecular flexibility index (Phi) is 4.76. The number of aryl methyl sites for hydroxylation is 1. The zero-order valence-electron chi connectivity index (χ0n) is 18.1. The SMILES string of the molecule is CCCc1c(O)n2c3c(=O)n(CC4CC4)c(=O)n(C)c3nc2n(Cc2ccccc2)c1=O. The summed E-state index contributed by atoms with van der Waals surface area (Å²) in [4.78, 5) is 44.1. The van der Waals surface area contributed by atoms with Crippen LogP contribution in [0.1, 0.15) is 37.3 Å². The van der Waals surface area contributed by atoms with E-state index in [0.717, 1.165) is 18.4 Å². The average molecular weight is 435 g/mol. The van der Waals surface area contributed by atoms with Gasteiger partial charge in [-0.1, -0.05) is 43.7 Å². The van der Waals surface area contributed by atoms with E-state index in [1.165, 1.54) is 18.1 Å². The first-order valence-electron chi connectivity index (χ1n) is 10.9. The summed E-state index contributed by atoms with van der Waals surface area (Å²) in [6, 6.07) is 9.45. The van der Waals surface area contributed by atoms with Gasteiger partial charge in [-0.05, 0) is 30.7 Å². The van der Waals surface area contributed by atoms with E-state index >= 15 is 0 Å². The van der Waals surface area contributed by atoms with Crippen LogP contribution in [0.25, 0.3) is 16.9 Å². The number of nitrogens with zero attached hydrogens (tertiary/aromatic N) is 5. The molecule has 166 valence electrons. The van der Waals surface area contributed by atoms with Crippen LogP contribution in [-0.4, -0.2) is 28.2 Å². The molecule has 0 saturated heterocycles. The third-order valence-corrected chi connectivity index (χ3v) is 6.17. The average Bonchev–Trinajstić information content (AvgIpc) is 3.53. The van der Waals surface area contributed by atoms with Crippen molar-refractivity contribution in [2.75, 3.05) is 0 Å². The molecular formula is C23H25N5O4. The summed E-state index contributed by atoms with van der Waals surface area (Å²) in [7, 11) is 1.56. The highest BCUT2D eigenvalue weighted by Crippen LogP contribution is 2.30. The van der Waals surface area contributed by atoms with Crippen LogP contribution < -0.4 is 16.8 Å². The normalized spacial score (nSPS) is 13.9. The molecule has 3 aromatic heterocycles. The van der Waals surface area contributed by atoms with Crippen LogP contribution >= 0.6 is 0 Å². The van der Waals surface area contributed by atoms with Crippen LogP contribution in [0.2, 0.25) is 0 Å². The van der Waals surface area contributed by atoms with Crippen LogP contribution in [0.4, 0.5) is 0 Å². The minimum Gasteiger partial charge on any atom is -0.494 e. The fourth-order valence-corrected chi connectivity index (χ4v) is 4.27. The van der Waals surface area contributed by atoms with Crippen molar-refractivity contribution in [2.24, 2.45) is 13.0 Å².